The van der Waals surface area contributed by atoms with E-state index in [1.54, 1.807) is 0 Å². The molecule has 26 heavy (non-hydrogen) atoms. The van der Waals surface area contributed by atoms with Gasteiger partial charge in [0.05, 0.1) is 18.8 Å². The topological polar surface area (TPSA) is 120 Å². The summed E-state index contributed by atoms with van der Waals surface area (Å²) in [5.41, 5.74) is 9.80. The van der Waals surface area contributed by atoms with E-state index < -0.39 is 36.5 Å². The van der Waals surface area contributed by atoms with Gasteiger partial charge in [-0.2, -0.15) is 0 Å². The highest BCUT2D eigenvalue weighted by atomic mass is 16.7. The molecule has 9 heteroatoms. The number of hydrogen-bond acceptors (Lipinski definition) is 7. The summed E-state index contributed by atoms with van der Waals surface area (Å²) in [7, 11) is 0. The van der Waals surface area contributed by atoms with Crippen molar-refractivity contribution in [2.75, 3.05) is 6.61 Å². The van der Waals surface area contributed by atoms with E-state index in [2.05, 4.69) is 10.0 Å². The molecular weight excluding hydrogens is 342 g/mol. The third-order valence-electron chi connectivity index (χ3n) is 3.73. The number of esters is 2. The van der Waals surface area contributed by atoms with Gasteiger partial charge in [-0.05, 0) is 11.1 Å². The minimum atomic E-state index is -1.11. The number of rotatable bonds is 7. The highest BCUT2D eigenvalue weighted by Gasteiger charge is 2.41. The van der Waals surface area contributed by atoms with Gasteiger partial charge in [-0.1, -0.05) is 35.4 Å². The molecule has 1 aliphatic rings. The van der Waals surface area contributed by atoms with Crippen molar-refractivity contribution in [3.05, 3.63) is 46.3 Å². The minimum Gasteiger partial charge on any atom is -0.463 e. The third-order valence-corrected chi connectivity index (χ3v) is 3.73. The molecule has 1 saturated heterocycles. The molecule has 1 aromatic carbocycles. The van der Waals surface area contributed by atoms with Gasteiger partial charge in [-0.15, -0.1) is 0 Å². The molecule has 140 valence electrons. The average molecular weight is 363 g/mol. The van der Waals surface area contributed by atoms with Gasteiger partial charge in [0.15, 0.2) is 0 Å². The maximum Gasteiger partial charge on any atom is 0.304 e. The van der Waals surface area contributed by atoms with E-state index in [4.69, 9.17) is 24.5 Å². The Labute approximate surface area is 150 Å². The van der Waals surface area contributed by atoms with Crippen molar-refractivity contribution in [3.63, 3.8) is 0 Å². The van der Waals surface area contributed by atoms with Gasteiger partial charge in [0.2, 0.25) is 6.29 Å². The van der Waals surface area contributed by atoms with Crippen LogP contribution < -0.4 is 0 Å². The van der Waals surface area contributed by atoms with Gasteiger partial charge in [-0.3, -0.25) is 9.59 Å². The Morgan fingerprint density at radius 1 is 1.27 bits per heavy atom. The van der Waals surface area contributed by atoms with Crippen molar-refractivity contribution in [1.29, 1.82) is 0 Å². The Hall–Kier alpha value is -2.61. The predicted molar refractivity (Wildman–Crippen MR) is 89.6 cm³/mol. The van der Waals surface area contributed by atoms with E-state index in [1.165, 1.54) is 13.8 Å². The smallest absolute Gasteiger partial charge is 0.304 e. The lowest BCUT2D eigenvalue weighted by atomic mass is 10.0. The van der Waals surface area contributed by atoms with Crippen molar-refractivity contribution >= 4 is 11.9 Å². The summed E-state index contributed by atoms with van der Waals surface area (Å²) in [6, 6.07) is 8.63. The van der Waals surface area contributed by atoms with Crippen molar-refractivity contribution < 1.29 is 28.5 Å². The Kier molecular flexibility index (Phi) is 7.40. The Bertz CT molecular complexity index is 662. The minimum absolute atomic E-state index is 0.0126. The van der Waals surface area contributed by atoms with E-state index in [1.807, 2.05) is 30.3 Å². The first-order valence-electron chi connectivity index (χ1n) is 8.15. The van der Waals surface area contributed by atoms with Crippen molar-refractivity contribution in [2.45, 2.75) is 51.4 Å². The molecule has 1 aromatic rings. The van der Waals surface area contributed by atoms with Crippen LogP contribution in [0.15, 0.2) is 35.4 Å². The fourth-order valence-corrected chi connectivity index (χ4v) is 2.61. The lowest BCUT2D eigenvalue weighted by Gasteiger charge is -2.38. The molecule has 1 aliphatic heterocycles. The SMILES string of the molecule is CC(=O)OC[C@@H]1C[C@H](OCc2ccccc2)[C@@H](N=[N+]=[N-])[C@@H](OC(C)=O)O1. The molecule has 0 radical (unpaired) electrons. The first-order valence-corrected chi connectivity index (χ1v) is 8.15. The molecule has 1 heterocycles. The van der Waals surface area contributed by atoms with Gasteiger partial charge in [0, 0.05) is 25.2 Å². The summed E-state index contributed by atoms with van der Waals surface area (Å²) in [5, 5.41) is 3.69. The second-order valence-electron chi connectivity index (χ2n) is 5.80. The molecule has 0 spiro atoms. The number of hydrogen-bond donors (Lipinski definition) is 0. The summed E-state index contributed by atoms with van der Waals surface area (Å²) in [6.45, 7) is 2.79. The molecule has 1 fully saturated rings. The van der Waals surface area contributed by atoms with Crippen LogP contribution in [-0.4, -0.2) is 43.1 Å². The van der Waals surface area contributed by atoms with Crippen molar-refractivity contribution in [1.82, 2.24) is 0 Å². The maximum absolute atomic E-state index is 11.4. The largest absolute Gasteiger partial charge is 0.463 e. The third kappa shape index (κ3) is 6.03. The molecule has 2 rings (SSSR count). The second kappa shape index (κ2) is 9.76. The first-order chi connectivity index (χ1) is 12.5. The summed E-state index contributed by atoms with van der Waals surface area (Å²) in [5.74, 6) is -1.03. The van der Waals surface area contributed by atoms with Crippen molar-refractivity contribution in [2.24, 2.45) is 5.11 Å². The zero-order valence-corrected chi connectivity index (χ0v) is 14.6. The lowest BCUT2D eigenvalue weighted by Crippen LogP contribution is -2.51. The van der Waals surface area contributed by atoms with E-state index in [9.17, 15) is 9.59 Å². The van der Waals surface area contributed by atoms with Crippen LogP contribution in [0.5, 0.6) is 0 Å². The molecule has 0 aromatic heterocycles. The van der Waals surface area contributed by atoms with Gasteiger partial charge in [0.1, 0.15) is 12.6 Å². The summed E-state index contributed by atoms with van der Waals surface area (Å²) in [6.07, 6.45) is -1.90. The van der Waals surface area contributed by atoms with Gasteiger partial charge >= 0.3 is 11.9 Å². The van der Waals surface area contributed by atoms with Gasteiger partial charge < -0.3 is 18.9 Å². The van der Waals surface area contributed by atoms with Gasteiger partial charge in [-0.25, -0.2) is 0 Å². The fraction of sp³-hybridized carbons (Fsp3) is 0.529. The molecule has 0 saturated carbocycles. The summed E-state index contributed by atoms with van der Waals surface area (Å²) in [4.78, 5) is 25.2. The Morgan fingerprint density at radius 3 is 2.62 bits per heavy atom. The molecular formula is C17H21N3O6. The maximum atomic E-state index is 11.4. The molecule has 0 aliphatic carbocycles. The van der Waals surface area contributed by atoms with Crippen LogP contribution in [0.3, 0.4) is 0 Å². The van der Waals surface area contributed by atoms with Crippen molar-refractivity contribution in [3.8, 4) is 0 Å². The number of nitrogens with zero attached hydrogens (tertiary/aromatic N) is 3. The highest BCUT2D eigenvalue weighted by Crippen LogP contribution is 2.27. The average Bonchev–Trinajstić information content (AvgIpc) is 2.61. The van der Waals surface area contributed by atoms with E-state index >= 15 is 0 Å². The summed E-state index contributed by atoms with van der Waals surface area (Å²) >= 11 is 0. The Morgan fingerprint density at radius 2 is 2.00 bits per heavy atom. The Balaban J connectivity index is 2.12. The van der Waals surface area contributed by atoms with E-state index in [0.717, 1.165) is 5.56 Å². The first kappa shape index (κ1) is 19.7. The molecule has 0 unspecified atom stereocenters. The fourth-order valence-electron chi connectivity index (χ4n) is 2.61. The van der Waals surface area contributed by atoms with Crippen LogP contribution in [0.1, 0.15) is 25.8 Å². The van der Waals surface area contributed by atoms with Crippen LogP contribution in [0.2, 0.25) is 0 Å². The number of carbonyl (C=O) groups is 2. The molecule has 4 atom stereocenters. The molecule has 0 bridgehead atoms. The van der Waals surface area contributed by atoms with E-state index in [-0.39, 0.29) is 13.2 Å². The number of carbonyl (C=O) groups excluding carboxylic acids is 2. The number of benzene rings is 1. The normalized spacial score (nSPS) is 25.0. The zero-order chi connectivity index (χ0) is 18.9. The van der Waals surface area contributed by atoms with Crippen LogP contribution in [0, 0.1) is 0 Å². The number of ether oxygens (including phenoxy) is 4. The van der Waals surface area contributed by atoms with Gasteiger partial charge in [0.25, 0.3) is 0 Å². The lowest BCUT2D eigenvalue weighted by molar-refractivity contribution is -0.235. The monoisotopic (exact) mass is 363 g/mol. The van der Waals surface area contributed by atoms with Crippen LogP contribution in [-0.2, 0) is 35.1 Å². The van der Waals surface area contributed by atoms with Crippen LogP contribution in [0.25, 0.3) is 10.4 Å². The molecule has 0 amide bonds. The zero-order valence-electron chi connectivity index (χ0n) is 14.6. The quantitative estimate of drug-likeness (QED) is 0.318. The predicted octanol–water partition coefficient (Wildman–Crippen LogP) is 2.49. The standard InChI is InChI=1S/C17H21N3O6/c1-11(21)23-10-14-8-15(24-9-13-6-4-3-5-7-13)16(19-20-18)17(26-14)25-12(2)22/h3-7,14-17H,8-10H2,1-2H3/t14-,15-,16+,17-/m0/s1. The van der Waals surface area contributed by atoms with E-state index in [0.29, 0.717) is 6.42 Å². The molecule has 0 N–H and O–H groups in total. The highest BCUT2D eigenvalue weighted by molar-refractivity contribution is 5.66. The summed E-state index contributed by atoms with van der Waals surface area (Å²) < 4.78 is 21.6. The van der Waals surface area contributed by atoms with Crippen LogP contribution >= 0.6 is 0 Å². The molecule has 9 nitrogen and oxygen atoms in total. The second-order valence-corrected chi connectivity index (χ2v) is 5.80. The number of azide groups is 1. The van der Waals surface area contributed by atoms with Crippen LogP contribution in [0.4, 0.5) is 0 Å².